The van der Waals surface area contributed by atoms with Crippen LogP contribution in [0.25, 0.3) is 18.2 Å². The smallest absolute Gasteiger partial charge is 0.315 e. The standard InChI is InChI=1S/C29H30N2O10/c1-36-22-13-17(7-8-19-15-24(38-3)29(41-6)25(16-19)39-4)11-20(27(22)33)30-26(32)10-9-18-12-21(31(34)35)28(40-5)23(14-18)37-2/h7-16,33H,1-6H3,(H,30,32)/b8-7+,10-9+. The maximum Gasteiger partial charge on any atom is 0.315 e. The molecule has 41 heavy (non-hydrogen) atoms. The number of carbonyl (C=O) groups excluding carboxylic acids is 1. The molecular formula is C29H30N2O10. The Labute approximate surface area is 236 Å². The number of ether oxygens (including phenoxy) is 6. The average molecular weight is 567 g/mol. The third kappa shape index (κ3) is 6.98. The van der Waals surface area contributed by atoms with Crippen LogP contribution in [0.15, 0.2) is 42.5 Å². The molecule has 1 amide bonds. The minimum atomic E-state index is -0.611. The zero-order chi connectivity index (χ0) is 30.1. The predicted molar refractivity (Wildman–Crippen MR) is 154 cm³/mol. The van der Waals surface area contributed by atoms with E-state index in [1.165, 1.54) is 60.9 Å². The molecule has 0 bridgehead atoms. The van der Waals surface area contributed by atoms with E-state index in [-0.39, 0.29) is 34.4 Å². The average Bonchev–Trinajstić information content (AvgIpc) is 2.98. The van der Waals surface area contributed by atoms with Gasteiger partial charge in [-0.05, 0) is 53.1 Å². The Morgan fingerprint density at radius 1 is 0.707 bits per heavy atom. The van der Waals surface area contributed by atoms with Gasteiger partial charge in [0.15, 0.2) is 28.7 Å². The summed E-state index contributed by atoms with van der Waals surface area (Å²) < 4.78 is 31.7. The van der Waals surface area contributed by atoms with E-state index in [0.29, 0.717) is 28.4 Å². The second-order valence-corrected chi connectivity index (χ2v) is 8.27. The molecule has 0 spiro atoms. The third-order valence-electron chi connectivity index (χ3n) is 5.84. The molecule has 0 saturated heterocycles. The minimum absolute atomic E-state index is 0.0347. The van der Waals surface area contributed by atoms with Gasteiger partial charge >= 0.3 is 5.69 Å². The zero-order valence-electron chi connectivity index (χ0n) is 23.3. The lowest BCUT2D eigenvalue weighted by Crippen LogP contribution is -2.08. The summed E-state index contributed by atoms with van der Waals surface area (Å²) in [7, 11) is 8.58. The van der Waals surface area contributed by atoms with Gasteiger partial charge in [0.05, 0.1) is 53.3 Å². The van der Waals surface area contributed by atoms with E-state index in [1.54, 1.807) is 36.4 Å². The van der Waals surface area contributed by atoms with Gasteiger partial charge in [0.2, 0.25) is 17.4 Å². The van der Waals surface area contributed by atoms with E-state index < -0.39 is 10.8 Å². The number of benzene rings is 3. The van der Waals surface area contributed by atoms with Gasteiger partial charge in [0.1, 0.15) is 0 Å². The number of anilines is 1. The maximum absolute atomic E-state index is 12.7. The van der Waals surface area contributed by atoms with Crippen molar-refractivity contribution < 1.29 is 43.2 Å². The van der Waals surface area contributed by atoms with Crippen molar-refractivity contribution in [2.45, 2.75) is 0 Å². The first-order chi connectivity index (χ1) is 19.7. The number of nitro groups is 1. The summed E-state index contributed by atoms with van der Waals surface area (Å²) in [5, 5.41) is 24.7. The molecule has 3 aromatic carbocycles. The Morgan fingerprint density at radius 2 is 1.17 bits per heavy atom. The van der Waals surface area contributed by atoms with Crippen molar-refractivity contribution >= 4 is 35.5 Å². The summed E-state index contributed by atoms with van der Waals surface area (Å²) in [6.07, 6.45) is 6.06. The number of nitrogens with zero attached hydrogens (tertiary/aromatic N) is 1. The molecule has 0 heterocycles. The van der Waals surface area contributed by atoms with Crippen LogP contribution in [-0.4, -0.2) is 58.6 Å². The van der Waals surface area contributed by atoms with Gasteiger partial charge in [-0.15, -0.1) is 0 Å². The lowest BCUT2D eigenvalue weighted by atomic mass is 10.1. The highest BCUT2D eigenvalue weighted by molar-refractivity contribution is 6.03. The second-order valence-electron chi connectivity index (χ2n) is 8.27. The van der Waals surface area contributed by atoms with Crippen molar-refractivity contribution in [3.05, 3.63) is 69.3 Å². The lowest BCUT2D eigenvalue weighted by Gasteiger charge is -2.13. The Hall–Kier alpha value is -5.39. The van der Waals surface area contributed by atoms with Crippen molar-refractivity contribution in [3.63, 3.8) is 0 Å². The van der Waals surface area contributed by atoms with E-state index in [0.717, 1.165) is 11.6 Å². The molecule has 0 fully saturated rings. The Kier molecular flexibility index (Phi) is 10.0. The van der Waals surface area contributed by atoms with E-state index in [2.05, 4.69) is 5.32 Å². The van der Waals surface area contributed by atoms with Gasteiger partial charge in [-0.3, -0.25) is 14.9 Å². The third-order valence-corrected chi connectivity index (χ3v) is 5.84. The molecule has 0 radical (unpaired) electrons. The summed E-state index contributed by atoms with van der Waals surface area (Å²) in [6.45, 7) is 0. The molecule has 12 nitrogen and oxygen atoms in total. The fourth-order valence-electron chi connectivity index (χ4n) is 3.91. The number of phenols is 1. The van der Waals surface area contributed by atoms with Crippen molar-refractivity contribution in [3.8, 4) is 40.2 Å². The van der Waals surface area contributed by atoms with Crippen LogP contribution in [0.3, 0.4) is 0 Å². The maximum atomic E-state index is 12.7. The molecule has 216 valence electrons. The van der Waals surface area contributed by atoms with Crippen molar-refractivity contribution in [2.24, 2.45) is 0 Å². The Morgan fingerprint density at radius 3 is 1.66 bits per heavy atom. The summed E-state index contributed by atoms with van der Waals surface area (Å²) in [6, 6.07) is 9.42. The van der Waals surface area contributed by atoms with Crippen molar-refractivity contribution in [1.82, 2.24) is 0 Å². The highest BCUT2D eigenvalue weighted by atomic mass is 16.6. The van der Waals surface area contributed by atoms with Crippen molar-refractivity contribution in [1.29, 1.82) is 0 Å². The number of rotatable bonds is 12. The summed E-state index contributed by atoms with van der Waals surface area (Å²) in [5.41, 5.74) is 1.43. The van der Waals surface area contributed by atoms with E-state index >= 15 is 0 Å². The molecule has 0 aliphatic carbocycles. The van der Waals surface area contributed by atoms with Crippen LogP contribution >= 0.6 is 0 Å². The van der Waals surface area contributed by atoms with Crippen LogP contribution in [0.5, 0.6) is 40.2 Å². The van der Waals surface area contributed by atoms with Gasteiger partial charge < -0.3 is 38.8 Å². The van der Waals surface area contributed by atoms with Gasteiger partial charge in [0.25, 0.3) is 0 Å². The number of amides is 1. The van der Waals surface area contributed by atoms with Gasteiger partial charge in [-0.1, -0.05) is 12.2 Å². The predicted octanol–water partition coefficient (Wildman–Crippen LogP) is 5.17. The van der Waals surface area contributed by atoms with Crippen molar-refractivity contribution in [2.75, 3.05) is 48.0 Å². The van der Waals surface area contributed by atoms with Crippen LogP contribution in [0, 0.1) is 10.1 Å². The number of carbonyl (C=O) groups is 1. The highest BCUT2D eigenvalue weighted by Crippen LogP contribution is 2.40. The number of hydrogen-bond donors (Lipinski definition) is 2. The largest absolute Gasteiger partial charge is 0.503 e. The summed E-state index contributed by atoms with van der Waals surface area (Å²) in [4.78, 5) is 23.6. The lowest BCUT2D eigenvalue weighted by molar-refractivity contribution is -0.385. The van der Waals surface area contributed by atoms with Crippen LogP contribution in [0.4, 0.5) is 11.4 Å². The van der Waals surface area contributed by atoms with E-state index in [4.69, 9.17) is 28.4 Å². The quantitative estimate of drug-likeness (QED) is 0.0988. The Bertz CT molecular complexity index is 1470. The zero-order valence-corrected chi connectivity index (χ0v) is 23.3. The van der Waals surface area contributed by atoms with E-state index in [9.17, 15) is 20.0 Å². The first-order valence-corrected chi connectivity index (χ1v) is 12.0. The van der Waals surface area contributed by atoms with Gasteiger partial charge in [-0.2, -0.15) is 0 Å². The normalized spacial score (nSPS) is 10.9. The summed E-state index contributed by atoms with van der Waals surface area (Å²) >= 11 is 0. The summed E-state index contributed by atoms with van der Waals surface area (Å²) in [5.74, 6) is 0.768. The first-order valence-electron chi connectivity index (χ1n) is 12.0. The number of hydrogen-bond acceptors (Lipinski definition) is 10. The van der Waals surface area contributed by atoms with Gasteiger partial charge in [0, 0.05) is 12.1 Å². The number of nitrogens with one attached hydrogen (secondary N) is 1. The Balaban J connectivity index is 1.89. The van der Waals surface area contributed by atoms with Crippen LogP contribution < -0.4 is 33.7 Å². The highest BCUT2D eigenvalue weighted by Gasteiger charge is 2.21. The number of methoxy groups -OCH3 is 6. The molecule has 12 heteroatoms. The molecule has 0 aliphatic heterocycles. The first kappa shape index (κ1) is 30.2. The van der Waals surface area contributed by atoms with Crippen LogP contribution in [-0.2, 0) is 4.79 Å². The topological polar surface area (TPSA) is 148 Å². The molecule has 0 aliphatic rings. The van der Waals surface area contributed by atoms with Crippen LogP contribution in [0.2, 0.25) is 0 Å². The number of aromatic hydroxyl groups is 1. The number of phenolic OH excluding ortho intramolecular Hbond substituents is 1. The van der Waals surface area contributed by atoms with Gasteiger partial charge in [-0.25, -0.2) is 0 Å². The fourth-order valence-corrected chi connectivity index (χ4v) is 3.91. The molecule has 0 saturated carbocycles. The number of nitro benzene ring substituents is 1. The molecule has 3 aromatic rings. The minimum Gasteiger partial charge on any atom is -0.503 e. The molecule has 0 unspecified atom stereocenters. The molecule has 0 aromatic heterocycles. The van der Waals surface area contributed by atoms with E-state index in [1.807, 2.05) is 0 Å². The SMILES string of the molecule is COc1cc(/C=C/c2cc(OC)c(OC)c(OC)c2)cc(NC(=O)/C=C/c2cc(OC)c(OC)c([N+](=O)[O-])c2)c1O. The second kappa shape index (κ2) is 13.6. The molecule has 3 rings (SSSR count). The fraction of sp³-hybridized carbons (Fsp3) is 0.207. The molecular weight excluding hydrogens is 536 g/mol. The molecule has 2 N–H and O–H groups in total. The molecule has 0 atom stereocenters. The van der Waals surface area contributed by atoms with Crippen LogP contribution in [0.1, 0.15) is 16.7 Å². The monoisotopic (exact) mass is 566 g/mol.